The highest BCUT2D eigenvalue weighted by atomic mass is 16.2. The molecule has 0 aromatic carbocycles. The molecule has 0 aliphatic carbocycles. The van der Waals surface area contributed by atoms with Gasteiger partial charge in [-0.3, -0.25) is 4.79 Å². The largest absolute Gasteiger partial charge is 0.343 e. The van der Waals surface area contributed by atoms with E-state index in [9.17, 15) is 9.59 Å². The van der Waals surface area contributed by atoms with Crippen molar-refractivity contribution in [1.82, 2.24) is 10.6 Å². The molecule has 0 fully saturated rings. The molecule has 0 saturated heterocycles. The second-order valence-electron chi connectivity index (χ2n) is 2.12. The zero-order valence-corrected chi connectivity index (χ0v) is 6.18. The zero-order chi connectivity index (χ0) is 8.27. The van der Waals surface area contributed by atoms with Crippen molar-refractivity contribution in [2.24, 2.45) is 4.99 Å². The van der Waals surface area contributed by atoms with Gasteiger partial charge in [-0.15, -0.1) is 0 Å². The Morgan fingerprint density at radius 3 is 3.00 bits per heavy atom. The molecule has 1 heterocycles. The lowest BCUT2D eigenvalue weighted by Crippen LogP contribution is -2.32. The lowest BCUT2D eigenvalue weighted by atomic mass is 10.4. The molecule has 3 amide bonds. The molecule has 0 aromatic rings. The third-order valence-electron chi connectivity index (χ3n) is 1.25. The summed E-state index contributed by atoms with van der Waals surface area (Å²) >= 11 is 0. The Hall–Kier alpha value is -1.39. The van der Waals surface area contributed by atoms with Gasteiger partial charge in [-0.1, -0.05) is 6.92 Å². The van der Waals surface area contributed by atoms with Crippen LogP contribution in [0.4, 0.5) is 4.79 Å². The van der Waals surface area contributed by atoms with Gasteiger partial charge in [0.25, 0.3) is 0 Å². The lowest BCUT2D eigenvalue weighted by Gasteiger charge is -1.98. The summed E-state index contributed by atoms with van der Waals surface area (Å²) in [5, 5.41) is 4.93. The van der Waals surface area contributed by atoms with Crippen LogP contribution in [0.25, 0.3) is 0 Å². The van der Waals surface area contributed by atoms with Gasteiger partial charge in [0.15, 0.2) is 0 Å². The standard InChI is InChI=1S/C6H9N3O2/c1-2-5(10)8-4-3-7-6(11)9-4/h2-3H2,1H3,(H2,7,8,9,10,11). The first-order valence-corrected chi connectivity index (χ1v) is 3.37. The molecule has 1 aliphatic rings. The van der Waals surface area contributed by atoms with Crippen molar-refractivity contribution in [1.29, 1.82) is 0 Å². The Balaban J connectivity index is 2.44. The first kappa shape index (κ1) is 7.71. The van der Waals surface area contributed by atoms with Crippen molar-refractivity contribution in [2.75, 3.05) is 6.54 Å². The van der Waals surface area contributed by atoms with E-state index in [0.717, 1.165) is 0 Å². The average Bonchev–Trinajstić information content (AvgIpc) is 2.35. The van der Waals surface area contributed by atoms with Crippen molar-refractivity contribution in [3.05, 3.63) is 0 Å². The maximum absolute atomic E-state index is 10.7. The fourth-order valence-corrected chi connectivity index (χ4v) is 0.682. The van der Waals surface area contributed by atoms with E-state index in [2.05, 4.69) is 15.6 Å². The summed E-state index contributed by atoms with van der Waals surface area (Å²) in [6.07, 6.45) is 0.396. The SMILES string of the molecule is CCC(=O)NC1=NC(=O)NC1. The van der Waals surface area contributed by atoms with Crippen molar-refractivity contribution in [3.8, 4) is 0 Å². The second-order valence-corrected chi connectivity index (χ2v) is 2.12. The van der Waals surface area contributed by atoms with Gasteiger partial charge in [0.05, 0.1) is 6.54 Å². The summed E-state index contributed by atoms with van der Waals surface area (Å²) in [5.41, 5.74) is 0. The molecular weight excluding hydrogens is 146 g/mol. The Bertz CT molecular complexity index is 222. The van der Waals surface area contributed by atoms with Gasteiger partial charge in [0.1, 0.15) is 5.84 Å². The monoisotopic (exact) mass is 155 g/mol. The Labute approximate surface area is 63.9 Å². The van der Waals surface area contributed by atoms with Crippen LogP contribution in [0, 0.1) is 0 Å². The van der Waals surface area contributed by atoms with E-state index in [0.29, 0.717) is 18.8 Å². The van der Waals surface area contributed by atoms with Gasteiger partial charge >= 0.3 is 6.03 Å². The predicted molar refractivity (Wildman–Crippen MR) is 39.3 cm³/mol. The summed E-state index contributed by atoms with van der Waals surface area (Å²) in [6.45, 7) is 2.06. The highest BCUT2D eigenvalue weighted by Crippen LogP contribution is 1.87. The average molecular weight is 155 g/mol. The number of rotatable bonds is 1. The number of nitrogens with zero attached hydrogens (tertiary/aromatic N) is 1. The predicted octanol–water partition coefficient (Wildman–Crippen LogP) is -0.366. The summed E-state index contributed by atoms with van der Waals surface area (Å²) < 4.78 is 0. The minimum Gasteiger partial charge on any atom is -0.329 e. The van der Waals surface area contributed by atoms with Gasteiger partial charge < -0.3 is 10.6 Å². The van der Waals surface area contributed by atoms with Gasteiger partial charge in [-0.25, -0.2) is 4.79 Å². The third kappa shape index (κ3) is 2.03. The van der Waals surface area contributed by atoms with Gasteiger partial charge in [-0.2, -0.15) is 4.99 Å². The van der Waals surface area contributed by atoms with E-state index in [-0.39, 0.29) is 5.91 Å². The summed E-state index contributed by atoms with van der Waals surface area (Å²) in [5.74, 6) is 0.280. The van der Waals surface area contributed by atoms with E-state index < -0.39 is 6.03 Å². The molecule has 60 valence electrons. The van der Waals surface area contributed by atoms with E-state index in [4.69, 9.17) is 0 Å². The lowest BCUT2D eigenvalue weighted by molar-refractivity contribution is -0.119. The first-order chi connectivity index (χ1) is 5.22. The van der Waals surface area contributed by atoms with Crippen LogP contribution in [0.5, 0.6) is 0 Å². The van der Waals surface area contributed by atoms with Crippen LogP contribution >= 0.6 is 0 Å². The van der Waals surface area contributed by atoms with Crippen LogP contribution in [0.3, 0.4) is 0 Å². The number of urea groups is 1. The van der Waals surface area contributed by atoms with E-state index >= 15 is 0 Å². The Morgan fingerprint density at radius 2 is 2.55 bits per heavy atom. The maximum Gasteiger partial charge on any atom is 0.343 e. The number of hydrogen-bond acceptors (Lipinski definition) is 2. The molecule has 0 aromatic heterocycles. The fraction of sp³-hybridized carbons (Fsp3) is 0.500. The minimum absolute atomic E-state index is 0.125. The smallest absolute Gasteiger partial charge is 0.329 e. The highest BCUT2D eigenvalue weighted by Gasteiger charge is 2.13. The zero-order valence-electron chi connectivity index (χ0n) is 6.18. The van der Waals surface area contributed by atoms with Crippen LogP contribution < -0.4 is 10.6 Å². The first-order valence-electron chi connectivity index (χ1n) is 3.37. The van der Waals surface area contributed by atoms with Crippen LogP contribution in [0.15, 0.2) is 4.99 Å². The van der Waals surface area contributed by atoms with Crippen LogP contribution in [0.1, 0.15) is 13.3 Å². The topological polar surface area (TPSA) is 70.6 Å². The van der Waals surface area contributed by atoms with Gasteiger partial charge in [0, 0.05) is 6.42 Å². The van der Waals surface area contributed by atoms with Crippen LogP contribution in [-0.4, -0.2) is 24.3 Å². The second kappa shape index (κ2) is 3.14. The molecular formula is C6H9N3O2. The van der Waals surface area contributed by atoms with Crippen molar-refractivity contribution in [3.63, 3.8) is 0 Å². The van der Waals surface area contributed by atoms with Gasteiger partial charge in [0.2, 0.25) is 5.91 Å². The van der Waals surface area contributed by atoms with E-state index in [1.807, 2.05) is 0 Å². The molecule has 1 rings (SSSR count). The normalized spacial score (nSPS) is 15.7. The number of hydrogen-bond donors (Lipinski definition) is 2. The van der Waals surface area contributed by atoms with Crippen molar-refractivity contribution < 1.29 is 9.59 Å². The number of aliphatic imine (C=N–C) groups is 1. The number of amides is 3. The van der Waals surface area contributed by atoms with E-state index in [1.54, 1.807) is 6.92 Å². The number of amidine groups is 1. The molecule has 0 atom stereocenters. The Kier molecular flexibility index (Phi) is 2.20. The summed E-state index contributed by atoms with van der Waals surface area (Å²) in [6, 6.07) is -0.392. The molecule has 5 nitrogen and oxygen atoms in total. The highest BCUT2D eigenvalue weighted by molar-refractivity contribution is 6.07. The summed E-state index contributed by atoms with van der Waals surface area (Å²) in [7, 11) is 0. The maximum atomic E-state index is 10.7. The molecule has 0 spiro atoms. The number of nitrogens with one attached hydrogen (secondary N) is 2. The molecule has 0 unspecified atom stereocenters. The minimum atomic E-state index is -0.392. The van der Waals surface area contributed by atoms with Crippen molar-refractivity contribution in [2.45, 2.75) is 13.3 Å². The fourth-order valence-electron chi connectivity index (χ4n) is 0.682. The van der Waals surface area contributed by atoms with Crippen LogP contribution in [0.2, 0.25) is 0 Å². The quantitative estimate of drug-likeness (QED) is 0.542. The molecule has 11 heavy (non-hydrogen) atoms. The molecule has 0 bridgehead atoms. The third-order valence-corrected chi connectivity index (χ3v) is 1.25. The Morgan fingerprint density at radius 1 is 1.82 bits per heavy atom. The summed E-state index contributed by atoms with van der Waals surface area (Å²) in [4.78, 5) is 24.7. The van der Waals surface area contributed by atoms with Gasteiger partial charge in [-0.05, 0) is 0 Å². The molecule has 1 aliphatic heterocycles. The molecule has 0 radical (unpaired) electrons. The van der Waals surface area contributed by atoms with Crippen LogP contribution in [-0.2, 0) is 4.79 Å². The molecule has 5 heteroatoms. The van der Waals surface area contributed by atoms with Crippen molar-refractivity contribution >= 4 is 17.8 Å². The molecule has 0 saturated carbocycles. The number of carbonyl (C=O) groups excluding carboxylic acids is 2. The number of carbonyl (C=O) groups is 2. The molecule has 2 N–H and O–H groups in total. The van der Waals surface area contributed by atoms with E-state index in [1.165, 1.54) is 0 Å².